The van der Waals surface area contributed by atoms with Crippen molar-refractivity contribution in [3.8, 4) is 11.5 Å². The molecule has 0 atom stereocenters. The van der Waals surface area contributed by atoms with Crippen LogP contribution in [0.2, 0.25) is 0 Å². The highest BCUT2D eigenvalue weighted by Crippen LogP contribution is 2.28. The SMILES string of the molecule is CCc1ccc(OC)c(S(=O)(=O)Nc2ncccc2O)c1. The molecule has 2 aromatic rings. The Hall–Kier alpha value is -2.28. The van der Waals surface area contributed by atoms with Gasteiger partial charge in [-0.25, -0.2) is 13.4 Å². The number of sulfonamides is 1. The number of methoxy groups -OCH3 is 1. The second-order valence-electron chi connectivity index (χ2n) is 4.32. The molecule has 112 valence electrons. The topological polar surface area (TPSA) is 88.5 Å². The Bertz CT molecular complexity index is 744. The molecule has 1 heterocycles. The summed E-state index contributed by atoms with van der Waals surface area (Å²) in [5.41, 5.74) is 0.862. The monoisotopic (exact) mass is 308 g/mol. The summed E-state index contributed by atoms with van der Waals surface area (Å²) in [4.78, 5) is 3.81. The van der Waals surface area contributed by atoms with E-state index in [1.807, 2.05) is 6.92 Å². The van der Waals surface area contributed by atoms with Crippen LogP contribution in [0.25, 0.3) is 0 Å². The van der Waals surface area contributed by atoms with E-state index in [9.17, 15) is 13.5 Å². The maximum absolute atomic E-state index is 12.5. The van der Waals surface area contributed by atoms with Gasteiger partial charge in [0.25, 0.3) is 10.0 Å². The number of rotatable bonds is 5. The van der Waals surface area contributed by atoms with Gasteiger partial charge in [0, 0.05) is 6.20 Å². The summed E-state index contributed by atoms with van der Waals surface area (Å²) in [7, 11) is -2.51. The van der Waals surface area contributed by atoms with Crippen molar-refractivity contribution in [2.24, 2.45) is 0 Å². The molecule has 7 heteroatoms. The van der Waals surface area contributed by atoms with Crippen LogP contribution in [0, 0.1) is 0 Å². The Morgan fingerprint density at radius 1 is 1.33 bits per heavy atom. The number of anilines is 1. The van der Waals surface area contributed by atoms with Gasteiger partial charge in [0.1, 0.15) is 10.6 Å². The molecule has 0 aliphatic carbocycles. The van der Waals surface area contributed by atoms with Gasteiger partial charge in [-0.1, -0.05) is 13.0 Å². The molecular formula is C14H16N2O4S. The maximum Gasteiger partial charge on any atom is 0.266 e. The molecule has 2 rings (SSSR count). The molecule has 0 aliphatic heterocycles. The zero-order chi connectivity index (χ0) is 15.5. The lowest BCUT2D eigenvalue weighted by Gasteiger charge is -2.12. The summed E-state index contributed by atoms with van der Waals surface area (Å²) in [6.07, 6.45) is 2.08. The van der Waals surface area contributed by atoms with E-state index in [2.05, 4.69) is 9.71 Å². The van der Waals surface area contributed by atoms with E-state index in [4.69, 9.17) is 4.74 Å². The van der Waals surface area contributed by atoms with E-state index >= 15 is 0 Å². The molecule has 0 unspecified atom stereocenters. The van der Waals surface area contributed by atoms with Gasteiger partial charge >= 0.3 is 0 Å². The van der Waals surface area contributed by atoms with Crippen molar-refractivity contribution in [2.75, 3.05) is 11.8 Å². The summed E-state index contributed by atoms with van der Waals surface area (Å²) in [6, 6.07) is 7.80. The number of hydrogen-bond donors (Lipinski definition) is 2. The normalized spacial score (nSPS) is 11.1. The average molecular weight is 308 g/mol. The van der Waals surface area contributed by atoms with Crippen LogP contribution in [-0.2, 0) is 16.4 Å². The highest BCUT2D eigenvalue weighted by atomic mass is 32.2. The van der Waals surface area contributed by atoms with Gasteiger partial charge in [-0.3, -0.25) is 4.72 Å². The summed E-state index contributed by atoms with van der Waals surface area (Å²) >= 11 is 0. The quantitative estimate of drug-likeness (QED) is 0.883. The van der Waals surface area contributed by atoms with Gasteiger partial charge in [-0.05, 0) is 36.2 Å². The summed E-state index contributed by atoms with van der Waals surface area (Å²) in [5.74, 6) is -0.136. The number of hydrogen-bond acceptors (Lipinski definition) is 5. The van der Waals surface area contributed by atoms with E-state index in [0.717, 1.165) is 5.56 Å². The third-order valence-corrected chi connectivity index (χ3v) is 4.30. The largest absolute Gasteiger partial charge is 0.504 e. The fourth-order valence-electron chi connectivity index (χ4n) is 1.81. The number of nitrogens with zero attached hydrogens (tertiary/aromatic N) is 1. The first-order valence-corrected chi connectivity index (χ1v) is 7.80. The number of benzene rings is 1. The third kappa shape index (κ3) is 3.25. The fourth-order valence-corrected chi connectivity index (χ4v) is 3.05. The first-order chi connectivity index (χ1) is 9.97. The van der Waals surface area contributed by atoms with Gasteiger partial charge in [-0.15, -0.1) is 0 Å². The predicted octanol–water partition coefficient (Wildman–Crippen LogP) is 2.16. The zero-order valence-corrected chi connectivity index (χ0v) is 12.5. The molecule has 0 aliphatic rings. The molecule has 1 aromatic heterocycles. The molecule has 6 nitrogen and oxygen atoms in total. The van der Waals surface area contributed by atoms with Crippen molar-refractivity contribution in [3.63, 3.8) is 0 Å². The highest BCUT2D eigenvalue weighted by molar-refractivity contribution is 7.92. The van der Waals surface area contributed by atoms with Gasteiger partial charge < -0.3 is 9.84 Å². The fraction of sp³-hybridized carbons (Fsp3) is 0.214. The second-order valence-corrected chi connectivity index (χ2v) is 5.97. The standard InChI is InChI=1S/C14H16N2O4S/c1-3-10-6-7-12(20-2)13(9-10)21(18,19)16-14-11(17)5-4-8-15-14/h4-9,17H,3H2,1-2H3,(H,15,16). The summed E-state index contributed by atoms with van der Waals surface area (Å²) < 4.78 is 32.3. The second kappa shape index (κ2) is 6.01. The Labute approximate surface area is 123 Å². The third-order valence-electron chi connectivity index (χ3n) is 2.94. The van der Waals surface area contributed by atoms with E-state index in [1.54, 1.807) is 18.2 Å². The van der Waals surface area contributed by atoms with Crippen LogP contribution in [-0.4, -0.2) is 25.6 Å². The van der Waals surface area contributed by atoms with Crippen LogP contribution in [0.1, 0.15) is 12.5 Å². The number of pyridine rings is 1. The minimum atomic E-state index is -3.91. The van der Waals surface area contributed by atoms with Gasteiger partial charge in [0.2, 0.25) is 0 Å². The van der Waals surface area contributed by atoms with Crippen LogP contribution < -0.4 is 9.46 Å². The number of nitrogens with one attached hydrogen (secondary N) is 1. The zero-order valence-electron chi connectivity index (χ0n) is 11.7. The van der Waals surface area contributed by atoms with E-state index in [0.29, 0.717) is 6.42 Å². The lowest BCUT2D eigenvalue weighted by molar-refractivity contribution is 0.402. The Balaban J connectivity index is 2.46. The van der Waals surface area contributed by atoms with Gasteiger partial charge in [0.05, 0.1) is 7.11 Å². The molecule has 0 bridgehead atoms. The molecule has 0 radical (unpaired) electrons. The van der Waals surface area contributed by atoms with Crippen LogP contribution in [0.5, 0.6) is 11.5 Å². The number of aromatic hydroxyl groups is 1. The van der Waals surface area contributed by atoms with E-state index in [-0.39, 0.29) is 22.2 Å². The minimum Gasteiger partial charge on any atom is -0.504 e. The lowest BCUT2D eigenvalue weighted by Crippen LogP contribution is -2.15. The first-order valence-electron chi connectivity index (χ1n) is 6.31. The van der Waals surface area contributed by atoms with Crippen LogP contribution in [0.4, 0.5) is 5.82 Å². The molecule has 0 saturated carbocycles. The van der Waals surface area contributed by atoms with E-state index in [1.165, 1.54) is 25.4 Å². The van der Waals surface area contributed by atoms with Gasteiger partial charge in [0.15, 0.2) is 11.6 Å². The van der Waals surface area contributed by atoms with Crippen LogP contribution >= 0.6 is 0 Å². The molecule has 0 saturated heterocycles. The molecule has 0 fully saturated rings. The first kappa shape index (κ1) is 15.1. The molecule has 0 spiro atoms. The summed E-state index contributed by atoms with van der Waals surface area (Å²) in [6.45, 7) is 1.93. The molecular weight excluding hydrogens is 292 g/mol. The number of ether oxygens (including phenoxy) is 1. The van der Waals surface area contributed by atoms with Crippen molar-refractivity contribution in [1.82, 2.24) is 4.98 Å². The van der Waals surface area contributed by atoms with Crippen LogP contribution in [0.15, 0.2) is 41.4 Å². The highest BCUT2D eigenvalue weighted by Gasteiger charge is 2.21. The van der Waals surface area contributed by atoms with Gasteiger partial charge in [-0.2, -0.15) is 0 Å². The lowest BCUT2D eigenvalue weighted by atomic mass is 10.2. The predicted molar refractivity (Wildman–Crippen MR) is 79.1 cm³/mol. The molecule has 0 amide bonds. The van der Waals surface area contributed by atoms with Crippen molar-refractivity contribution < 1.29 is 18.3 Å². The van der Waals surface area contributed by atoms with Crippen molar-refractivity contribution in [1.29, 1.82) is 0 Å². The molecule has 21 heavy (non-hydrogen) atoms. The molecule has 1 aromatic carbocycles. The average Bonchev–Trinajstić information content (AvgIpc) is 2.48. The number of aromatic nitrogens is 1. The Morgan fingerprint density at radius 2 is 2.10 bits per heavy atom. The molecule has 2 N–H and O–H groups in total. The smallest absolute Gasteiger partial charge is 0.266 e. The Morgan fingerprint density at radius 3 is 2.71 bits per heavy atom. The van der Waals surface area contributed by atoms with Crippen molar-refractivity contribution in [3.05, 3.63) is 42.1 Å². The maximum atomic E-state index is 12.5. The van der Waals surface area contributed by atoms with Crippen LogP contribution in [0.3, 0.4) is 0 Å². The van der Waals surface area contributed by atoms with E-state index < -0.39 is 10.0 Å². The van der Waals surface area contributed by atoms with Crippen molar-refractivity contribution in [2.45, 2.75) is 18.2 Å². The number of aryl methyl sites for hydroxylation is 1. The summed E-state index contributed by atoms with van der Waals surface area (Å²) in [5, 5.41) is 9.63. The Kier molecular flexibility index (Phi) is 4.32. The minimum absolute atomic E-state index is 0.00871. The van der Waals surface area contributed by atoms with Crippen molar-refractivity contribution >= 4 is 15.8 Å².